The SMILES string of the molecule is Cc1nc(-c2cncc(F)c2)sc1C(S)C(C)C. The van der Waals surface area contributed by atoms with Crippen LogP contribution in [-0.2, 0) is 0 Å². The van der Waals surface area contributed by atoms with Gasteiger partial charge in [0.05, 0.1) is 11.9 Å². The lowest BCUT2D eigenvalue weighted by Crippen LogP contribution is -1.98. The Kier molecular flexibility index (Phi) is 4.02. The quantitative estimate of drug-likeness (QED) is 0.850. The third-order valence-electron chi connectivity index (χ3n) is 2.68. The maximum atomic E-state index is 13.1. The van der Waals surface area contributed by atoms with E-state index in [0.717, 1.165) is 21.1 Å². The van der Waals surface area contributed by atoms with E-state index in [-0.39, 0.29) is 11.1 Å². The van der Waals surface area contributed by atoms with E-state index in [1.54, 1.807) is 17.5 Å². The Morgan fingerprint density at radius 3 is 2.67 bits per heavy atom. The number of pyridine rings is 1. The van der Waals surface area contributed by atoms with E-state index in [1.807, 2.05) is 6.92 Å². The lowest BCUT2D eigenvalue weighted by Gasteiger charge is -2.12. The van der Waals surface area contributed by atoms with Crippen LogP contribution in [-0.4, -0.2) is 9.97 Å². The smallest absolute Gasteiger partial charge is 0.142 e. The highest BCUT2D eigenvalue weighted by Crippen LogP contribution is 2.37. The summed E-state index contributed by atoms with van der Waals surface area (Å²) in [5.74, 6) is 0.0964. The highest BCUT2D eigenvalue weighted by atomic mass is 32.1. The van der Waals surface area contributed by atoms with Gasteiger partial charge in [0.15, 0.2) is 0 Å². The molecule has 1 unspecified atom stereocenters. The Balaban J connectivity index is 2.40. The number of halogens is 1. The van der Waals surface area contributed by atoms with E-state index in [4.69, 9.17) is 0 Å². The van der Waals surface area contributed by atoms with Gasteiger partial charge in [0.25, 0.3) is 0 Å². The molecular formula is C13H15FN2S2. The molecule has 0 saturated carbocycles. The van der Waals surface area contributed by atoms with Crippen LogP contribution in [0.1, 0.15) is 29.7 Å². The molecule has 0 aliphatic heterocycles. The van der Waals surface area contributed by atoms with Crippen LogP contribution in [0.3, 0.4) is 0 Å². The van der Waals surface area contributed by atoms with Gasteiger partial charge in [-0.05, 0) is 18.9 Å². The fraction of sp³-hybridized carbons (Fsp3) is 0.385. The molecule has 0 radical (unpaired) electrons. The van der Waals surface area contributed by atoms with Crippen LogP contribution in [0.2, 0.25) is 0 Å². The lowest BCUT2D eigenvalue weighted by molar-refractivity contribution is 0.622. The monoisotopic (exact) mass is 282 g/mol. The van der Waals surface area contributed by atoms with E-state index >= 15 is 0 Å². The van der Waals surface area contributed by atoms with E-state index in [2.05, 4.69) is 36.4 Å². The van der Waals surface area contributed by atoms with Crippen molar-refractivity contribution in [2.45, 2.75) is 26.0 Å². The summed E-state index contributed by atoms with van der Waals surface area (Å²) in [6.45, 7) is 6.22. The Hall–Kier alpha value is -0.940. The number of thiazole rings is 1. The molecule has 2 aromatic rings. The summed E-state index contributed by atoms with van der Waals surface area (Å²) in [5, 5.41) is 0.965. The van der Waals surface area contributed by atoms with Crippen LogP contribution in [0.5, 0.6) is 0 Å². The molecule has 1 atom stereocenters. The largest absolute Gasteiger partial charge is 0.261 e. The normalized spacial score (nSPS) is 13.0. The molecule has 2 rings (SSSR count). The van der Waals surface area contributed by atoms with Crippen LogP contribution in [0.25, 0.3) is 10.6 Å². The van der Waals surface area contributed by atoms with E-state index in [1.165, 1.54) is 12.3 Å². The van der Waals surface area contributed by atoms with Crippen LogP contribution >= 0.6 is 24.0 Å². The van der Waals surface area contributed by atoms with Crippen molar-refractivity contribution in [1.29, 1.82) is 0 Å². The van der Waals surface area contributed by atoms with Gasteiger partial charge in [0.2, 0.25) is 0 Å². The average molecular weight is 282 g/mol. The molecule has 0 saturated heterocycles. The zero-order chi connectivity index (χ0) is 13.3. The van der Waals surface area contributed by atoms with Crippen molar-refractivity contribution in [1.82, 2.24) is 9.97 Å². The molecule has 2 nitrogen and oxygen atoms in total. The molecule has 0 bridgehead atoms. The molecule has 18 heavy (non-hydrogen) atoms. The predicted octanol–water partition coefficient (Wildman–Crippen LogP) is 4.28. The Morgan fingerprint density at radius 1 is 1.33 bits per heavy atom. The zero-order valence-corrected chi connectivity index (χ0v) is 12.2. The Morgan fingerprint density at radius 2 is 2.06 bits per heavy atom. The summed E-state index contributed by atoms with van der Waals surface area (Å²) < 4.78 is 13.1. The van der Waals surface area contributed by atoms with E-state index in [0.29, 0.717) is 5.92 Å². The molecular weight excluding hydrogens is 267 g/mol. The molecule has 0 aliphatic rings. The van der Waals surface area contributed by atoms with Crippen LogP contribution in [0.15, 0.2) is 18.5 Å². The van der Waals surface area contributed by atoms with Crippen molar-refractivity contribution in [2.75, 3.05) is 0 Å². The Bertz CT molecular complexity index is 552. The minimum Gasteiger partial charge on any atom is -0.261 e. The summed E-state index contributed by atoms with van der Waals surface area (Å²) in [5.41, 5.74) is 1.69. The maximum absolute atomic E-state index is 13.1. The lowest BCUT2D eigenvalue weighted by atomic mass is 10.1. The van der Waals surface area contributed by atoms with Crippen molar-refractivity contribution in [2.24, 2.45) is 5.92 Å². The van der Waals surface area contributed by atoms with Gasteiger partial charge in [-0.1, -0.05) is 13.8 Å². The van der Waals surface area contributed by atoms with Gasteiger partial charge in [-0.3, -0.25) is 4.98 Å². The van der Waals surface area contributed by atoms with Gasteiger partial charge >= 0.3 is 0 Å². The molecule has 0 aromatic carbocycles. The highest BCUT2D eigenvalue weighted by Gasteiger charge is 2.18. The molecule has 0 fully saturated rings. The fourth-order valence-electron chi connectivity index (χ4n) is 1.64. The topological polar surface area (TPSA) is 25.8 Å². The van der Waals surface area contributed by atoms with E-state index in [9.17, 15) is 4.39 Å². The second-order valence-corrected chi connectivity index (χ2v) is 6.14. The van der Waals surface area contributed by atoms with Crippen molar-refractivity contribution in [3.05, 3.63) is 34.8 Å². The molecule has 2 heterocycles. The summed E-state index contributed by atoms with van der Waals surface area (Å²) in [6, 6.07) is 1.46. The van der Waals surface area contributed by atoms with Gasteiger partial charge < -0.3 is 0 Å². The number of nitrogens with zero attached hydrogens (tertiary/aromatic N) is 2. The first kappa shape index (κ1) is 13.5. The van der Waals surface area contributed by atoms with Crippen LogP contribution in [0, 0.1) is 18.7 Å². The van der Waals surface area contributed by atoms with Gasteiger partial charge in [-0.15, -0.1) is 11.3 Å². The minimum absolute atomic E-state index is 0.165. The third kappa shape index (κ3) is 2.72. The average Bonchev–Trinajstić information content (AvgIpc) is 2.70. The Labute approximate surface area is 116 Å². The zero-order valence-electron chi connectivity index (χ0n) is 10.5. The summed E-state index contributed by atoms with van der Waals surface area (Å²) in [7, 11) is 0. The molecule has 5 heteroatoms. The summed E-state index contributed by atoms with van der Waals surface area (Å²) in [4.78, 5) is 9.49. The first-order valence-corrected chi connectivity index (χ1v) is 7.08. The van der Waals surface area contributed by atoms with Gasteiger partial charge in [0, 0.05) is 21.9 Å². The van der Waals surface area contributed by atoms with Crippen LogP contribution < -0.4 is 0 Å². The molecule has 96 valence electrons. The molecule has 2 aromatic heterocycles. The van der Waals surface area contributed by atoms with Crippen molar-refractivity contribution >= 4 is 24.0 Å². The molecule has 0 aliphatic carbocycles. The predicted molar refractivity (Wildman–Crippen MR) is 76.6 cm³/mol. The fourth-order valence-corrected chi connectivity index (χ4v) is 3.19. The number of hydrogen-bond donors (Lipinski definition) is 1. The van der Waals surface area contributed by atoms with Crippen molar-refractivity contribution in [3.63, 3.8) is 0 Å². The first-order valence-electron chi connectivity index (χ1n) is 5.75. The molecule has 0 spiro atoms. The highest BCUT2D eigenvalue weighted by molar-refractivity contribution is 7.80. The number of rotatable bonds is 3. The third-order valence-corrected chi connectivity index (χ3v) is 5.00. The maximum Gasteiger partial charge on any atom is 0.142 e. The van der Waals surface area contributed by atoms with Gasteiger partial charge in [-0.25, -0.2) is 9.37 Å². The number of aromatic nitrogens is 2. The van der Waals surface area contributed by atoms with Crippen molar-refractivity contribution < 1.29 is 4.39 Å². The molecule has 0 amide bonds. The first-order chi connectivity index (χ1) is 8.49. The summed E-state index contributed by atoms with van der Waals surface area (Å²) in [6.07, 6.45) is 2.83. The number of thiol groups is 1. The van der Waals surface area contributed by atoms with Gasteiger partial charge in [0.1, 0.15) is 10.8 Å². The standard InChI is InChI=1S/C13H15FN2S2/c1-7(2)11(17)12-8(3)16-13(18-12)9-4-10(14)6-15-5-9/h4-7,11,17H,1-3H3. The van der Waals surface area contributed by atoms with Crippen LogP contribution in [0.4, 0.5) is 4.39 Å². The van der Waals surface area contributed by atoms with Gasteiger partial charge in [-0.2, -0.15) is 12.6 Å². The second-order valence-electron chi connectivity index (χ2n) is 4.55. The second kappa shape index (κ2) is 5.36. The number of aryl methyl sites for hydroxylation is 1. The van der Waals surface area contributed by atoms with Crippen molar-refractivity contribution in [3.8, 4) is 10.6 Å². The number of hydrogen-bond acceptors (Lipinski definition) is 4. The minimum atomic E-state index is -0.340. The summed E-state index contributed by atoms with van der Waals surface area (Å²) >= 11 is 6.17. The molecule has 0 N–H and O–H groups in total. The van der Waals surface area contributed by atoms with E-state index < -0.39 is 0 Å².